The number of rotatable bonds is 5. The summed E-state index contributed by atoms with van der Waals surface area (Å²) in [6, 6.07) is 0. The van der Waals surface area contributed by atoms with Crippen molar-refractivity contribution in [2.45, 2.75) is 45.3 Å². The van der Waals surface area contributed by atoms with Gasteiger partial charge in [-0.25, -0.2) is 0 Å². The summed E-state index contributed by atoms with van der Waals surface area (Å²) in [5.41, 5.74) is -1.31. The van der Waals surface area contributed by atoms with Gasteiger partial charge >= 0.3 is 0 Å². The summed E-state index contributed by atoms with van der Waals surface area (Å²) in [5.74, 6) is -0.0241. The summed E-state index contributed by atoms with van der Waals surface area (Å²) in [6.45, 7) is 7.41. The molecular formula is C11H23NO3. The molecule has 0 unspecified atom stereocenters. The first-order valence-electron chi connectivity index (χ1n) is 5.09. The highest BCUT2D eigenvalue weighted by atomic mass is 16.5. The van der Waals surface area contributed by atoms with Gasteiger partial charge in [0, 0.05) is 20.7 Å². The van der Waals surface area contributed by atoms with Gasteiger partial charge < -0.3 is 14.7 Å². The molecule has 0 radical (unpaired) electrons. The van der Waals surface area contributed by atoms with E-state index in [2.05, 4.69) is 0 Å². The van der Waals surface area contributed by atoms with Gasteiger partial charge in [-0.15, -0.1) is 0 Å². The van der Waals surface area contributed by atoms with Crippen LogP contribution in [-0.4, -0.2) is 47.8 Å². The van der Waals surface area contributed by atoms with Gasteiger partial charge in [0.2, 0.25) is 5.91 Å². The second-order valence-electron chi connectivity index (χ2n) is 5.20. The second-order valence-corrected chi connectivity index (χ2v) is 5.20. The number of likely N-dealkylation sites (N-methyl/N-ethyl adjacent to an activating group) is 1. The molecule has 90 valence electrons. The number of nitrogens with zero attached hydrogens (tertiary/aromatic N) is 1. The lowest BCUT2D eigenvalue weighted by molar-refractivity contribution is -0.137. The Morgan fingerprint density at radius 1 is 1.33 bits per heavy atom. The van der Waals surface area contributed by atoms with Crippen molar-refractivity contribution in [3.05, 3.63) is 0 Å². The molecule has 0 aliphatic carbocycles. The molecule has 0 aromatic rings. The van der Waals surface area contributed by atoms with E-state index in [0.29, 0.717) is 13.0 Å². The number of ether oxygens (including phenoxy) is 1. The molecule has 0 aromatic heterocycles. The van der Waals surface area contributed by atoms with Crippen molar-refractivity contribution >= 4 is 5.91 Å². The van der Waals surface area contributed by atoms with Crippen molar-refractivity contribution in [2.24, 2.45) is 0 Å². The summed E-state index contributed by atoms with van der Waals surface area (Å²) in [6.07, 6.45) is 0.316. The van der Waals surface area contributed by atoms with Crippen LogP contribution in [0.2, 0.25) is 0 Å². The van der Waals surface area contributed by atoms with Crippen LogP contribution in [0.3, 0.4) is 0 Å². The first kappa shape index (κ1) is 14.4. The topological polar surface area (TPSA) is 49.8 Å². The van der Waals surface area contributed by atoms with E-state index in [0.717, 1.165) is 0 Å². The van der Waals surface area contributed by atoms with Crippen LogP contribution in [0.15, 0.2) is 0 Å². The largest absolute Gasteiger partial charge is 0.389 e. The standard InChI is InChI=1S/C11H23NO3/c1-10(2,14)8-12(5)9(13)7-11(3,4)15-6/h14H,7-8H2,1-6H3. The van der Waals surface area contributed by atoms with Crippen LogP contribution in [-0.2, 0) is 9.53 Å². The SMILES string of the molecule is COC(C)(C)CC(=O)N(C)CC(C)(C)O. The maximum Gasteiger partial charge on any atom is 0.225 e. The van der Waals surface area contributed by atoms with E-state index in [1.54, 1.807) is 28.0 Å². The Balaban J connectivity index is 4.23. The molecular weight excluding hydrogens is 194 g/mol. The summed E-state index contributed by atoms with van der Waals surface area (Å²) < 4.78 is 5.18. The Hall–Kier alpha value is -0.610. The first-order valence-corrected chi connectivity index (χ1v) is 5.09. The van der Waals surface area contributed by atoms with Crippen molar-refractivity contribution in [2.75, 3.05) is 20.7 Å². The van der Waals surface area contributed by atoms with Gasteiger partial charge in [-0.3, -0.25) is 4.79 Å². The van der Waals surface area contributed by atoms with Gasteiger partial charge in [-0.05, 0) is 27.7 Å². The molecule has 0 bridgehead atoms. The quantitative estimate of drug-likeness (QED) is 0.748. The van der Waals surface area contributed by atoms with Crippen LogP contribution in [0.25, 0.3) is 0 Å². The minimum absolute atomic E-state index is 0.0241. The third-order valence-corrected chi connectivity index (χ3v) is 2.18. The van der Waals surface area contributed by atoms with Gasteiger partial charge in [0.1, 0.15) is 0 Å². The maximum atomic E-state index is 11.7. The average molecular weight is 217 g/mol. The molecule has 15 heavy (non-hydrogen) atoms. The summed E-state index contributed by atoms with van der Waals surface area (Å²) >= 11 is 0. The molecule has 0 spiro atoms. The second kappa shape index (κ2) is 4.94. The maximum absolute atomic E-state index is 11.7. The highest BCUT2D eigenvalue weighted by molar-refractivity contribution is 5.77. The molecule has 1 amide bonds. The highest BCUT2D eigenvalue weighted by Crippen LogP contribution is 2.15. The summed E-state index contributed by atoms with van der Waals surface area (Å²) in [4.78, 5) is 13.3. The normalized spacial score (nSPS) is 12.7. The number of carbonyl (C=O) groups is 1. The van der Waals surface area contributed by atoms with Crippen molar-refractivity contribution in [1.29, 1.82) is 0 Å². The number of carbonyl (C=O) groups excluding carboxylic acids is 1. The Morgan fingerprint density at radius 3 is 2.13 bits per heavy atom. The van der Waals surface area contributed by atoms with Gasteiger partial charge in [-0.1, -0.05) is 0 Å². The van der Waals surface area contributed by atoms with Crippen LogP contribution in [0.4, 0.5) is 0 Å². The lowest BCUT2D eigenvalue weighted by Crippen LogP contribution is -2.42. The predicted octanol–water partition coefficient (Wildman–Crippen LogP) is 1.03. The van der Waals surface area contributed by atoms with E-state index in [1.807, 2.05) is 13.8 Å². The molecule has 1 N–H and O–H groups in total. The third kappa shape index (κ3) is 6.47. The fraction of sp³-hybridized carbons (Fsp3) is 0.909. The van der Waals surface area contributed by atoms with Gasteiger partial charge in [0.25, 0.3) is 0 Å². The number of methoxy groups -OCH3 is 1. The minimum Gasteiger partial charge on any atom is -0.389 e. The molecule has 0 aromatic carbocycles. The first-order chi connectivity index (χ1) is 6.57. The van der Waals surface area contributed by atoms with Crippen molar-refractivity contribution in [1.82, 2.24) is 4.90 Å². The predicted molar refractivity (Wildman–Crippen MR) is 59.6 cm³/mol. The van der Waals surface area contributed by atoms with Crippen LogP contribution >= 0.6 is 0 Å². The zero-order valence-electron chi connectivity index (χ0n) is 10.6. The molecule has 0 saturated heterocycles. The van der Waals surface area contributed by atoms with Crippen LogP contribution < -0.4 is 0 Å². The zero-order valence-corrected chi connectivity index (χ0v) is 10.6. The summed E-state index contributed by atoms with van der Waals surface area (Å²) in [7, 11) is 3.27. The lowest BCUT2D eigenvalue weighted by Gasteiger charge is -2.29. The number of amides is 1. The Bertz CT molecular complexity index is 218. The molecule has 0 aliphatic rings. The van der Waals surface area contributed by atoms with Crippen molar-refractivity contribution in [3.63, 3.8) is 0 Å². The smallest absolute Gasteiger partial charge is 0.225 e. The van der Waals surface area contributed by atoms with Crippen molar-refractivity contribution < 1.29 is 14.6 Å². The highest BCUT2D eigenvalue weighted by Gasteiger charge is 2.25. The minimum atomic E-state index is -0.859. The van der Waals surface area contributed by atoms with E-state index < -0.39 is 11.2 Å². The fourth-order valence-electron chi connectivity index (χ4n) is 1.24. The average Bonchev–Trinajstić information content (AvgIpc) is 2.00. The van der Waals surface area contributed by atoms with Gasteiger partial charge in [-0.2, -0.15) is 0 Å². The van der Waals surface area contributed by atoms with E-state index in [1.165, 1.54) is 4.90 Å². The van der Waals surface area contributed by atoms with Crippen molar-refractivity contribution in [3.8, 4) is 0 Å². The van der Waals surface area contributed by atoms with E-state index in [9.17, 15) is 9.90 Å². The molecule has 0 atom stereocenters. The Morgan fingerprint density at radius 2 is 1.80 bits per heavy atom. The van der Waals surface area contributed by atoms with E-state index in [4.69, 9.17) is 4.74 Å². The number of hydrogen-bond acceptors (Lipinski definition) is 3. The lowest BCUT2D eigenvalue weighted by atomic mass is 10.0. The Labute approximate surface area is 92.2 Å². The Kier molecular flexibility index (Phi) is 4.74. The van der Waals surface area contributed by atoms with Gasteiger partial charge in [0.05, 0.1) is 17.6 Å². The molecule has 4 nitrogen and oxygen atoms in total. The molecule has 0 rings (SSSR count). The van der Waals surface area contributed by atoms with Gasteiger partial charge in [0.15, 0.2) is 0 Å². The number of aliphatic hydroxyl groups is 1. The van der Waals surface area contributed by atoms with Crippen LogP contribution in [0.1, 0.15) is 34.1 Å². The molecule has 0 heterocycles. The van der Waals surface area contributed by atoms with E-state index >= 15 is 0 Å². The zero-order chi connectivity index (χ0) is 12.3. The third-order valence-electron chi connectivity index (χ3n) is 2.18. The van der Waals surface area contributed by atoms with Crippen LogP contribution in [0, 0.1) is 0 Å². The fourth-order valence-corrected chi connectivity index (χ4v) is 1.24. The number of hydrogen-bond donors (Lipinski definition) is 1. The molecule has 4 heteroatoms. The molecule has 0 aliphatic heterocycles. The molecule has 0 fully saturated rings. The summed E-state index contributed by atoms with van der Waals surface area (Å²) in [5, 5.41) is 9.57. The van der Waals surface area contributed by atoms with Crippen LogP contribution in [0.5, 0.6) is 0 Å². The monoisotopic (exact) mass is 217 g/mol. The van der Waals surface area contributed by atoms with E-state index in [-0.39, 0.29) is 5.91 Å². The molecule has 0 saturated carbocycles.